The van der Waals surface area contributed by atoms with Crippen LogP contribution in [0.1, 0.15) is 44.6 Å². The summed E-state index contributed by atoms with van der Waals surface area (Å²) in [5.74, 6) is -0.334. The first kappa shape index (κ1) is 18.5. The van der Waals surface area contributed by atoms with E-state index in [0.29, 0.717) is 13.0 Å². The van der Waals surface area contributed by atoms with Crippen LogP contribution in [0.3, 0.4) is 0 Å². The summed E-state index contributed by atoms with van der Waals surface area (Å²) in [6, 6.07) is 9.30. The van der Waals surface area contributed by atoms with Crippen LogP contribution in [-0.2, 0) is 20.7 Å². The lowest BCUT2D eigenvalue weighted by Crippen LogP contribution is -2.62. The number of benzene rings is 1. The zero-order valence-corrected chi connectivity index (χ0v) is 14.6. The zero-order chi connectivity index (χ0) is 17.4. The molecule has 1 aliphatic rings. The fraction of sp³-hybridized carbons (Fsp3) is 0.579. The molecule has 132 valence electrons. The number of esters is 1. The molecule has 2 rings (SSSR count). The first-order chi connectivity index (χ1) is 11.6. The highest BCUT2D eigenvalue weighted by Gasteiger charge is 2.42. The molecule has 1 unspecified atom stereocenters. The van der Waals surface area contributed by atoms with Gasteiger partial charge in [0.25, 0.3) is 0 Å². The third-order valence-electron chi connectivity index (χ3n) is 4.67. The molecule has 0 aromatic heterocycles. The molecule has 0 heterocycles. The minimum atomic E-state index is -0.681. The fourth-order valence-electron chi connectivity index (χ4n) is 3.45. The molecule has 1 amide bonds. The van der Waals surface area contributed by atoms with Crippen LogP contribution in [0.25, 0.3) is 0 Å². The molecule has 1 aliphatic carbocycles. The van der Waals surface area contributed by atoms with E-state index < -0.39 is 11.6 Å². The maximum Gasteiger partial charge on any atom is 0.323 e. The molecule has 1 atom stereocenters. The largest absolute Gasteiger partial charge is 0.465 e. The standard InChI is InChI=1S/C19H28N2O3/c1-3-24-17(22)16(14-15-10-6-4-7-11-15)21-19(18(23)20-2)12-8-5-9-13-19/h4,6-7,10-11,16,21H,3,5,8-9,12-14H2,1-2H3,(H,20,23). The van der Waals surface area contributed by atoms with Gasteiger partial charge in [-0.15, -0.1) is 0 Å². The van der Waals surface area contributed by atoms with Crippen molar-refractivity contribution in [1.82, 2.24) is 10.6 Å². The van der Waals surface area contributed by atoms with E-state index in [0.717, 1.165) is 37.7 Å². The van der Waals surface area contributed by atoms with E-state index in [2.05, 4.69) is 10.6 Å². The van der Waals surface area contributed by atoms with Crippen molar-refractivity contribution in [3.63, 3.8) is 0 Å². The van der Waals surface area contributed by atoms with Gasteiger partial charge in [-0.25, -0.2) is 0 Å². The first-order valence-electron chi connectivity index (χ1n) is 8.82. The molecule has 0 radical (unpaired) electrons. The number of hydrogen-bond donors (Lipinski definition) is 2. The van der Waals surface area contributed by atoms with E-state index in [9.17, 15) is 9.59 Å². The van der Waals surface area contributed by atoms with Gasteiger partial charge in [0, 0.05) is 7.05 Å². The van der Waals surface area contributed by atoms with Gasteiger partial charge in [0.15, 0.2) is 0 Å². The van der Waals surface area contributed by atoms with Gasteiger partial charge in [0.2, 0.25) is 5.91 Å². The summed E-state index contributed by atoms with van der Waals surface area (Å²) in [5.41, 5.74) is 0.366. The molecule has 0 bridgehead atoms. The third kappa shape index (κ3) is 4.57. The molecule has 5 nitrogen and oxygen atoms in total. The van der Waals surface area contributed by atoms with Crippen LogP contribution in [0.5, 0.6) is 0 Å². The summed E-state index contributed by atoms with van der Waals surface area (Å²) in [5, 5.41) is 6.13. The van der Waals surface area contributed by atoms with Crippen molar-refractivity contribution in [2.45, 2.75) is 57.0 Å². The molecule has 24 heavy (non-hydrogen) atoms. The third-order valence-corrected chi connectivity index (χ3v) is 4.67. The second-order valence-corrected chi connectivity index (χ2v) is 6.36. The highest BCUT2D eigenvalue weighted by atomic mass is 16.5. The Kier molecular flexibility index (Phi) is 6.79. The number of nitrogens with one attached hydrogen (secondary N) is 2. The first-order valence-corrected chi connectivity index (χ1v) is 8.82. The van der Waals surface area contributed by atoms with Crippen molar-refractivity contribution < 1.29 is 14.3 Å². The van der Waals surface area contributed by atoms with Gasteiger partial charge in [-0.1, -0.05) is 49.6 Å². The zero-order valence-electron chi connectivity index (χ0n) is 14.6. The molecular formula is C19H28N2O3. The van der Waals surface area contributed by atoms with E-state index >= 15 is 0 Å². The van der Waals surface area contributed by atoms with E-state index in [-0.39, 0.29) is 11.9 Å². The van der Waals surface area contributed by atoms with Crippen molar-refractivity contribution in [1.29, 1.82) is 0 Å². The van der Waals surface area contributed by atoms with Crippen LogP contribution in [-0.4, -0.2) is 37.1 Å². The Morgan fingerprint density at radius 2 is 1.83 bits per heavy atom. The minimum Gasteiger partial charge on any atom is -0.465 e. The Morgan fingerprint density at radius 1 is 1.17 bits per heavy atom. The number of amides is 1. The molecule has 0 spiro atoms. The molecule has 2 N–H and O–H groups in total. The smallest absolute Gasteiger partial charge is 0.323 e. The van der Waals surface area contributed by atoms with Crippen LogP contribution >= 0.6 is 0 Å². The van der Waals surface area contributed by atoms with Crippen molar-refractivity contribution in [3.8, 4) is 0 Å². The van der Waals surface area contributed by atoms with Crippen molar-refractivity contribution in [3.05, 3.63) is 35.9 Å². The molecule has 1 saturated carbocycles. The molecular weight excluding hydrogens is 304 g/mol. The maximum atomic E-state index is 12.5. The van der Waals surface area contributed by atoms with Crippen LogP contribution in [0.4, 0.5) is 0 Å². The molecule has 1 aromatic rings. The SMILES string of the molecule is CCOC(=O)C(Cc1ccccc1)NC1(C(=O)NC)CCCCC1. The lowest BCUT2D eigenvalue weighted by atomic mass is 9.80. The quantitative estimate of drug-likeness (QED) is 0.751. The van der Waals surface area contributed by atoms with Gasteiger partial charge >= 0.3 is 5.97 Å². The second-order valence-electron chi connectivity index (χ2n) is 6.36. The summed E-state index contributed by atoms with van der Waals surface area (Å²) in [4.78, 5) is 25.0. The average Bonchev–Trinajstić information content (AvgIpc) is 2.62. The van der Waals surface area contributed by atoms with Gasteiger partial charge in [-0.2, -0.15) is 0 Å². The summed E-state index contributed by atoms with van der Waals surface area (Å²) >= 11 is 0. The predicted octanol–water partition coefficient (Wildman–Crippen LogP) is 2.20. The van der Waals surface area contributed by atoms with Gasteiger partial charge in [-0.05, 0) is 31.7 Å². The second kappa shape index (κ2) is 8.83. The summed E-state index contributed by atoms with van der Waals surface area (Å²) in [7, 11) is 1.65. The lowest BCUT2D eigenvalue weighted by molar-refractivity contribution is -0.147. The van der Waals surface area contributed by atoms with Gasteiger partial charge < -0.3 is 10.1 Å². The Balaban J connectivity index is 2.21. The molecule has 1 fully saturated rings. The Hall–Kier alpha value is -1.88. The lowest BCUT2D eigenvalue weighted by Gasteiger charge is -2.38. The summed E-state index contributed by atoms with van der Waals surface area (Å²) in [6.45, 7) is 2.13. The highest BCUT2D eigenvalue weighted by molar-refractivity contribution is 5.87. The van der Waals surface area contributed by atoms with Crippen molar-refractivity contribution in [2.24, 2.45) is 0 Å². The van der Waals surface area contributed by atoms with E-state index in [4.69, 9.17) is 4.74 Å². The van der Waals surface area contributed by atoms with Crippen LogP contribution in [0, 0.1) is 0 Å². The van der Waals surface area contributed by atoms with Crippen LogP contribution < -0.4 is 10.6 Å². The maximum absolute atomic E-state index is 12.5. The summed E-state index contributed by atoms with van der Waals surface area (Å²) in [6.07, 6.45) is 5.11. The van der Waals surface area contributed by atoms with Gasteiger partial charge in [0.05, 0.1) is 12.1 Å². The number of likely N-dealkylation sites (N-methyl/N-ethyl adjacent to an activating group) is 1. The van der Waals surface area contributed by atoms with Gasteiger partial charge in [-0.3, -0.25) is 14.9 Å². The predicted molar refractivity (Wildman–Crippen MR) is 93.6 cm³/mol. The number of rotatable bonds is 7. The fourth-order valence-corrected chi connectivity index (χ4v) is 3.45. The Labute approximate surface area is 144 Å². The van der Waals surface area contributed by atoms with Crippen molar-refractivity contribution in [2.75, 3.05) is 13.7 Å². The highest BCUT2D eigenvalue weighted by Crippen LogP contribution is 2.29. The molecule has 5 heteroatoms. The van der Waals surface area contributed by atoms with E-state index in [1.807, 2.05) is 30.3 Å². The molecule has 0 saturated heterocycles. The average molecular weight is 332 g/mol. The number of carbonyl (C=O) groups is 2. The number of hydrogen-bond acceptors (Lipinski definition) is 4. The minimum absolute atomic E-state index is 0.0374. The van der Waals surface area contributed by atoms with Crippen LogP contribution in [0.15, 0.2) is 30.3 Å². The van der Waals surface area contributed by atoms with Crippen molar-refractivity contribution >= 4 is 11.9 Å². The summed E-state index contributed by atoms with van der Waals surface area (Å²) < 4.78 is 5.24. The Bertz CT molecular complexity index is 539. The van der Waals surface area contributed by atoms with Crippen LogP contribution in [0.2, 0.25) is 0 Å². The number of carbonyl (C=O) groups excluding carboxylic acids is 2. The van der Waals surface area contributed by atoms with E-state index in [1.165, 1.54) is 0 Å². The van der Waals surface area contributed by atoms with Gasteiger partial charge in [0.1, 0.15) is 6.04 Å². The normalized spacial score (nSPS) is 17.8. The number of ether oxygens (including phenoxy) is 1. The Morgan fingerprint density at radius 3 is 2.42 bits per heavy atom. The van der Waals surface area contributed by atoms with E-state index in [1.54, 1.807) is 14.0 Å². The molecule has 1 aromatic carbocycles. The monoisotopic (exact) mass is 332 g/mol. The molecule has 0 aliphatic heterocycles. The topological polar surface area (TPSA) is 67.4 Å².